The van der Waals surface area contributed by atoms with E-state index in [9.17, 15) is 4.79 Å². The van der Waals surface area contributed by atoms with Crippen molar-refractivity contribution in [3.05, 3.63) is 24.0 Å². The summed E-state index contributed by atoms with van der Waals surface area (Å²) in [5.41, 5.74) is 6.84. The van der Waals surface area contributed by atoms with Gasteiger partial charge in [-0.3, -0.25) is 9.78 Å². The van der Waals surface area contributed by atoms with Crippen molar-refractivity contribution in [2.75, 3.05) is 5.73 Å². The van der Waals surface area contributed by atoms with Gasteiger partial charge < -0.3 is 11.1 Å². The van der Waals surface area contributed by atoms with Gasteiger partial charge in [-0.2, -0.15) is 0 Å². The Morgan fingerprint density at radius 3 is 2.87 bits per heavy atom. The number of nitrogens with two attached hydrogens (primary N) is 1. The number of hydrogen-bond acceptors (Lipinski definition) is 3. The van der Waals surface area contributed by atoms with Crippen LogP contribution >= 0.6 is 0 Å². The Labute approximate surface area is 88.9 Å². The number of nitrogens with zero attached hydrogens (tertiary/aromatic N) is 1. The molecule has 1 aromatic heterocycles. The van der Waals surface area contributed by atoms with Crippen molar-refractivity contribution in [3.63, 3.8) is 0 Å². The van der Waals surface area contributed by atoms with Crippen LogP contribution in [0.4, 0.5) is 5.69 Å². The van der Waals surface area contributed by atoms with Crippen LogP contribution in [0.5, 0.6) is 0 Å². The van der Waals surface area contributed by atoms with Gasteiger partial charge in [-0.1, -0.05) is 13.8 Å². The molecule has 0 radical (unpaired) electrons. The lowest BCUT2D eigenvalue weighted by atomic mass is 10.2. The predicted octanol–water partition coefficient (Wildman–Crippen LogP) is 1.19. The minimum Gasteiger partial charge on any atom is -0.398 e. The minimum absolute atomic E-state index is 0.129. The lowest BCUT2D eigenvalue weighted by Gasteiger charge is -2.07. The lowest BCUT2D eigenvalue weighted by Crippen LogP contribution is -2.29. The summed E-state index contributed by atoms with van der Waals surface area (Å²) >= 11 is 0. The Morgan fingerprint density at radius 1 is 1.67 bits per heavy atom. The third-order valence-electron chi connectivity index (χ3n) is 2.92. The summed E-state index contributed by atoms with van der Waals surface area (Å²) in [6.07, 6.45) is 4.10. The minimum atomic E-state index is -0.129. The van der Waals surface area contributed by atoms with Crippen molar-refractivity contribution in [1.82, 2.24) is 10.3 Å². The van der Waals surface area contributed by atoms with Crippen molar-refractivity contribution in [2.45, 2.75) is 26.3 Å². The van der Waals surface area contributed by atoms with Gasteiger partial charge in [-0.15, -0.1) is 0 Å². The molecule has 1 unspecified atom stereocenters. The fraction of sp³-hybridized carbons (Fsp3) is 0.455. The number of nitrogen functional groups attached to an aromatic ring is 1. The molecule has 0 bridgehead atoms. The monoisotopic (exact) mass is 205 g/mol. The topological polar surface area (TPSA) is 68.0 Å². The maximum absolute atomic E-state index is 11.8. The van der Waals surface area contributed by atoms with E-state index >= 15 is 0 Å². The quantitative estimate of drug-likeness (QED) is 0.762. The van der Waals surface area contributed by atoms with E-state index < -0.39 is 0 Å². The van der Waals surface area contributed by atoms with Crippen molar-refractivity contribution >= 4 is 11.6 Å². The van der Waals surface area contributed by atoms with E-state index in [1.165, 1.54) is 6.20 Å². The third-order valence-corrected chi connectivity index (χ3v) is 2.92. The first kappa shape index (κ1) is 9.96. The van der Waals surface area contributed by atoms with Gasteiger partial charge in [0.05, 0.1) is 5.56 Å². The van der Waals surface area contributed by atoms with Gasteiger partial charge in [-0.25, -0.2) is 0 Å². The fourth-order valence-electron chi connectivity index (χ4n) is 1.54. The zero-order valence-corrected chi connectivity index (χ0v) is 8.95. The van der Waals surface area contributed by atoms with Crippen molar-refractivity contribution < 1.29 is 4.79 Å². The van der Waals surface area contributed by atoms with E-state index in [0.29, 0.717) is 11.3 Å². The van der Waals surface area contributed by atoms with Gasteiger partial charge in [0.2, 0.25) is 0 Å². The van der Waals surface area contributed by atoms with Crippen LogP contribution in [-0.2, 0) is 0 Å². The number of amides is 1. The fourth-order valence-corrected chi connectivity index (χ4v) is 1.54. The average molecular weight is 205 g/mol. The van der Waals surface area contributed by atoms with Crippen LogP contribution in [0.25, 0.3) is 0 Å². The molecule has 4 nitrogen and oxygen atoms in total. The van der Waals surface area contributed by atoms with Crippen LogP contribution in [-0.4, -0.2) is 16.9 Å². The number of rotatable bonds is 2. The van der Waals surface area contributed by atoms with E-state index in [1.807, 2.05) is 0 Å². The molecular formula is C11H15N3O. The first-order chi connectivity index (χ1) is 7.00. The standard InChI is InChI=1S/C11H15N3O/c1-11(2)5-9(11)14-10(15)7-6-13-4-3-8(7)12/h3-4,6,9H,5H2,1-2H3,(H2,12,13)(H,14,15). The zero-order valence-electron chi connectivity index (χ0n) is 8.95. The average Bonchev–Trinajstić information content (AvgIpc) is 2.74. The summed E-state index contributed by atoms with van der Waals surface area (Å²) in [4.78, 5) is 15.7. The summed E-state index contributed by atoms with van der Waals surface area (Å²) in [5, 5.41) is 2.94. The molecule has 1 aliphatic rings. The highest BCUT2D eigenvalue weighted by atomic mass is 16.1. The third kappa shape index (κ3) is 1.93. The Kier molecular flexibility index (Phi) is 2.14. The Balaban J connectivity index is 2.06. The second kappa shape index (κ2) is 3.22. The predicted molar refractivity (Wildman–Crippen MR) is 58.3 cm³/mol. The van der Waals surface area contributed by atoms with Crippen molar-refractivity contribution in [2.24, 2.45) is 5.41 Å². The Bertz CT molecular complexity index is 401. The molecule has 1 heterocycles. The molecule has 4 heteroatoms. The number of carbonyl (C=O) groups excluding carboxylic acids is 1. The highest BCUT2D eigenvalue weighted by Crippen LogP contribution is 2.44. The smallest absolute Gasteiger partial charge is 0.255 e. The Morgan fingerprint density at radius 2 is 2.33 bits per heavy atom. The molecule has 0 aliphatic heterocycles. The summed E-state index contributed by atoms with van der Waals surface area (Å²) in [6.45, 7) is 4.26. The molecule has 1 aliphatic carbocycles. The molecular weight excluding hydrogens is 190 g/mol. The van der Waals surface area contributed by atoms with E-state index in [1.54, 1.807) is 12.3 Å². The van der Waals surface area contributed by atoms with Gasteiger partial charge >= 0.3 is 0 Å². The number of aromatic nitrogens is 1. The molecule has 0 aromatic carbocycles. The number of anilines is 1. The SMILES string of the molecule is CC1(C)CC1NC(=O)c1cnccc1N. The Hall–Kier alpha value is -1.58. The molecule has 1 atom stereocenters. The first-order valence-corrected chi connectivity index (χ1v) is 5.01. The summed E-state index contributed by atoms with van der Waals surface area (Å²) in [7, 11) is 0. The number of carbonyl (C=O) groups is 1. The van der Waals surface area contributed by atoms with Gasteiger partial charge in [-0.05, 0) is 17.9 Å². The molecule has 0 saturated heterocycles. The van der Waals surface area contributed by atoms with E-state index in [0.717, 1.165) is 6.42 Å². The zero-order chi connectivity index (χ0) is 11.1. The summed E-state index contributed by atoms with van der Waals surface area (Å²) in [6, 6.07) is 1.90. The summed E-state index contributed by atoms with van der Waals surface area (Å²) in [5.74, 6) is -0.129. The molecule has 1 saturated carbocycles. The molecule has 15 heavy (non-hydrogen) atoms. The van der Waals surface area contributed by atoms with Crippen LogP contribution < -0.4 is 11.1 Å². The number of nitrogens with one attached hydrogen (secondary N) is 1. The van der Waals surface area contributed by atoms with Gasteiger partial charge in [0.25, 0.3) is 5.91 Å². The lowest BCUT2D eigenvalue weighted by molar-refractivity contribution is 0.0947. The second-order valence-electron chi connectivity index (χ2n) is 4.68. The molecule has 1 aromatic rings. The molecule has 1 amide bonds. The van der Waals surface area contributed by atoms with Crippen LogP contribution in [0.2, 0.25) is 0 Å². The maximum atomic E-state index is 11.8. The molecule has 0 spiro atoms. The molecule has 80 valence electrons. The largest absolute Gasteiger partial charge is 0.398 e. The number of pyridine rings is 1. The first-order valence-electron chi connectivity index (χ1n) is 5.01. The van der Waals surface area contributed by atoms with Gasteiger partial charge in [0.15, 0.2) is 0 Å². The second-order valence-corrected chi connectivity index (χ2v) is 4.68. The van der Waals surface area contributed by atoms with Crippen LogP contribution in [0.3, 0.4) is 0 Å². The number of hydrogen-bond donors (Lipinski definition) is 2. The van der Waals surface area contributed by atoms with E-state index in [4.69, 9.17) is 5.73 Å². The highest BCUT2D eigenvalue weighted by Gasteiger charge is 2.46. The van der Waals surface area contributed by atoms with E-state index in [-0.39, 0.29) is 17.4 Å². The van der Waals surface area contributed by atoms with Crippen molar-refractivity contribution in [1.29, 1.82) is 0 Å². The van der Waals surface area contributed by atoms with Crippen LogP contribution in [0, 0.1) is 5.41 Å². The van der Waals surface area contributed by atoms with Crippen LogP contribution in [0.15, 0.2) is 18.5 Å². The maximum Gasteiger partial charge on any atom is 0.255 e. The highest BCUT2D eigenvalue weighted by molar-refractivity contribution is 5.99. The normalized spacial score (nSPS) is 22.1. The van der Waals surface area contributed by atoms with Gasteiger partial charge in [0, 0.05) is 24.1 Å². The van der Waals surface area contributed by atoms with Crippen LogP contribution in [0.1, 0.15) is 30.6 Å². The van der Waals surface area contributed by atoms with Gasteiger partial charge in [0.1, 0.15) is 0 Å². The molecule has 2 rings (SSSR count). The van der Waals surface area contributed by atoms with E-state index in [2.05, 4.69) is 24.1 Å². The summed E-state index contributed by atoms with van der Waals surface area (Å²) < 4.78 is 0. The molecule has 3 N–H and O–H groups in total. The molecule has 1 fully saturated rings. The van der Waals surface area contributed by atoms with Crippen molar-refractivity contribution in [3.8, 4) is 0 Å².